The Morgan fingerprint density at radius 1 is 0.892 bits per heavy atom. The summed E-state index contributed by atoms with van der Waals surface area (Å²) in [7, 11) is 0. The van der Waals surface area contributed by atoms with Gasteiger partial charge in [-0.3, -0.25) is 4.79 Å². The lowest BCUT2D eigenvalue weighted by Crippen LogP contribution is -2.31. The minimum absolute atomic E-state index is 0.0126. The van der Waals surface area contributed by atoms with Crippen LogP contribution in [0.3, 0.4) is 0 Å². The lowest BCUT2D eigenvalue weighted by atomic mass is 9.93. The van der Waals surface area contributed by atoms with Crippen LogP contribution < -0.4 is 10.6 Å². The van der Waals surface area contributed by atoms with Crippen LogP contribution in [0.25, 0.3) is 0 Å². The predicted octanol–water partition coefficient (Wildman–Crippen LogP) is 5.38. The first-order valence-corrected chi connectivity index (χ1v) is 12.9. The third-order valence-corrected chi connectivity index (χ3v) is 6.17. The van der Waals surface area contributed by atoms with E-state index in [9.17, 15) is 4.79 Å². The fourth-order valence-electron chi connectivity index (χ4n) is 4.31. The van der Waals surface area contributed by atoms with Gasteiger partial charge in [-0.15, -0.1) is 6.42 Å². The van der Waals surface area contributed by atoms with E-state index in [1.54, 1.807) is 12.4 Å². The molecule has 1 amide bonds. The van der Waals surface area contributed by atoms with Crippen LogP contribution in [0.5, 0.6) is 0 Å². The summed E-state index contributed by atoms with van der Waals surface area (Å²) in [5, 5.41) is 6.38. The quantitative estimate of drug-likeness (QED) is 0.373. The highest BCUT2D eigenvalue weighted by Gasteiger charge is 2.13. The molecule has 0 saturated heterocycles. The zero-order chi connectivity index (χ0) is 26.6. The van der Waals surface area contributed by atoms with Crippen LogP contribution >= 0.6 is 0 Å². The zero-order valence-electron chi connectivity index (χ0n) is 22.2. The summed E-state index contributed by atoms with van der Waals surface area (Å²) < 4.78 is 0. The molecule has 3 unspecified atom stereocenters. The van der Waals surface area contributed by atoms with Crippen molar-refractivity contribution in [3.63, 3.8) is 0 Å². The Balaban J connectivity index is 1.51. The number of nitrogens with one attached hydrogen (secondary N) is 2. The van der Waals surface area contributed by atoms with Crippen LogP contribution in [0, 0.1) is 30.1 Å². The molecule has 5 nitrogen and oxygen atoms in total. The summed E-state index contributed by atoms with van der Waals surface area (Å²) in [6, 6.07) is 16.7. The standard InChI is InChI=1S/C32H36N4O/c1-6-26-8-13-28(14-9-26)18-23(3)19-31(7-2)36-32-33-21-30(22-34-32)17-12-27-10-15-29(16-11-27)20-24(4)35-25(5)37/h1,8-11,13-16,21-24,31H,7,18-20H2,2-5H3,(H,35,37)(H,33,34,36). The van der Waals surface area contributed by atoms with E-state index in [0.717, 1.165) is 47.9 Å². The molecule has 3 atom stereocenters. The average Bonchev–Trinajstić information content (AvgIpc) is 2.88. The fourth-order valence-corrected chi connectivity index (χ4v) is 4.31. The Morgan fingerprint density at radius 2 is 1.46 bits per heavy atom. The minimum atomic E-state index is -0.0126. The van der Waals surface area contributed by atoms with Gasteiger partial charge in [-0.25, -0.2) is 9.97 Å². The lowest BCUT2D eigenvalue weighted by molar-refractivity contribution is -0.119. The number of amides is 1. The number of benzene rings is 2. The largest absolute Gasteiger partial charge is 0.354 e. The maximum atomic E-state index is 11.2. The highest BCUT2D eigenvalue weighted by atomic mass is 16.1. The van der Waals surface area contributed by atoms with Gasteiger partial charge in [0.25, 0.3) is 0 Å². The van der Waals surface area contributed by atoms with E-state index >= 15 is 0 Å². The highest BCUT2D eigenvalue weighted by Crippen LogP contribution is 2.18. The lowest BCUT2D eigenvalue weighted by Gasteiger charge is -2.21. The highest BCUT2D eigenvalue weighted by molar-refractivity contribution is 5.73. The summed E-state index contributed by atoms with van der Waals surface area (Å²) in [4.78, 5) is 20.1. The Kier molecular flexibility index (Phi) is 10.3. The number of carbonyl (C=O) groups is 1. The molecular weight excluding hydrogens is 456 g/mol. The van der Waals surface area contributed by atoms with E-state index in [2.05, 4.69) is 64.3 Å². The number of carbonyl (C=O) groups excluding carboxylic acids is 1. The molecule has 5 heteroatoms. The number of aromatic nitrogens is 2. The molecule has 2 aromatic carbocycles. The van der Waals surface area contributed by atoms with Crippen LogP contribution in [0.2, 0.25) is 0 Å². The van der Waals surface area contributed by atoms with Crippen molar-refractivity contribution in [3.05, 3.63) is 88.7 Å². The van der Waals surface area contributed by atoms with Crippen molar-refractivity contribution in [3.8, 4) is 24.2 Å². The molecule has 0 spiro atoms. The van der Waals surface area contributed by atoms with Crippen molar-refractivity contribution < 1.29 is 4.79 Å². The smallest absolute Gasteiger partial charge is 0.222 e. The molecular formula is C32H36N4O. The van der Waals surface area contributed by atoms with Crippen LogP contribution in [-0.2, 0) is 17.6 Å². The molecule has 2 N–H and O–H groups in total. The van der Waals surface area contributed by atoms with E-state index in [1.165, 1.54) is 12.5 Å². The molecule has 1 aromatic heterocycles. The van der Waals surface area contributed by atoms with Crippen molar-refractivity contribution in [1.82, 2.24) is 15.3 Å². The molecule has 1 heterocycles. The van der Waals surface area contributed by atoms with Crippen LogP contribution in [0.4, 0.5) is 5.95 Å². The fraction of sp³-hybridized carbons (Fsp3) is 0.344. The average molecular weight is 493 g/mol. The van der Waals surface area contributed by atoms with Crippen molar-refractivity contribution in [1.29, 1.82) is 0 Å². The second-order valence-corrected chi connectivity index (χ2v) is 9.68. The van der Waals surface area contributed by atoms with Gasteiger partial charge in [0.2, 0.25) is 11.9 Å². The first kappa shape index (κ1) is 27.5. The van der Waals surface area contributed by atoms with Gasteiger partial charge in [0, 0.05) is 42.5 Å². The number of hydrogen-bond donors (Lipinski definition) is 2. The molecule has 190 valence electrons. The van der Waals surface area contributed by atoms with Crippen molar-refractivity contribution in [2.45, 2.75) is 65.5 Å². The van der Waals surface area contributed by atoms with Crippen LogP contribution in [-0.4, -0.2) is 28.0 Å². The molecule has 3 aromatic rings. The van der Waals surface area contributed by atoms with E-state index in [1.807, 2.05) is 43.3 Å². The Hall–Kier alpha value is -4.09. The summed E-state index contributed by atoms with van der Waals surface area (Å²) in [6.07, 6.45) is 12.8. The third-order valence-electron chi connectivity index (χ3n) is 6.17. The summed E-state index contributed by atoms with van der Waals surface area (Å²) in [5.41, 5.74) is 5.07. The maximum absolute atomic E-state index is 11.2. The summed E-state index contributed by atoms with van der Waals surface area (Å²) >= 11 is 0. The van der Waals surface area contributed by atoms with Gasteiger partial charge in [0.1, 0.15) is 0 Å². The molecule has 0 fully saturated rings. The van der Waals surface area contributed by atoms with Crippen molar-refractivity contribution in [2.24, 2.45) is 5.92 Å². The van der Waals surface area contributed by atoms with E-state index < -0.39 is 0 Å². The van der Waals surface area contributed by atoms with Crippen LogP contribution in [0.15, 0.2) is 60.9 Å². The van der Waals surface area contributed by atoms with Gasteiger partial charge in [-0.05, 0) is 73.9 Å². The van der Waals surface area contributed by atoms with Gasteiger partial charge in [-0.1, -0.05) is 55.9 Å². The molecule has 0 radical (unpaired) electrons. The molecule has 3 rings (SSSR count). The van der Waals surface area contributed by atoms with Gasteiger partial charge in [0.05, 0.1) is 5.56 Å². The van der Waals surface area contributed by atoms with Gasteiger partial charge in [0.15, 0.2) is 0 Å². The van der Waals surface area contributed by atoms with Gasteiger partial charge in [-0.2, -0.15) is 0 Å². The van der Waals surface area contributed by atoms with Crippen LogP contribution in [0.1, 0.15) is 68.4 Å². The molecule has 0 saturated carbocycles. The number of rotatable bonds is 10. The predicted molar refractivity (Wildman–Crippen MR) is 151 cm³/mol. The first-order chi connectivity index (χ1) is 17.8. The second-order valence-electron chi connectivity index (χ2n) is 9.68. The number of terminal acetylenes is 1. The number of nitrogens with zero attached hydrogens (tertiary/aromatic N) is 2. The molecule has 0 aliphatic carbocycles. The maximum Gasteiger partial charge on any atom is 0.222 e. The van der Waals surface area contributed by atoms with E-state index in [4.69, 9.17) is 6.42 Å². The molecule has 0 bridgehead atoms. The normalized spacial score (nSPS) is 12.8. The second kappa shape index (κ2) is 13.9. The minimum Gasteiger partial charge on any atom is -0.354 e. The SMILES string of the molecule is C#Cc1ccc(CC(C)CC(CC)Nc2ncc(C#Cc3ccc(CC(C)NC(C)=O)cc3)cn2)cc1. The number of anilines is 1. The summed E-state index contributed by atoms with van der Waals surface area (Å²) in [5.74, 6) is 10.1. The topological polar surface area (TPSA) is 66.9 Å². The Labute approximate surface area is 221 Å². The van der Waals surface area contributed by atoms with Crippen molar-refractivity contribution in [2.75, 3.05) is 5.32 Å². The Morgan fingerprint density at radius 3 is 2.03 bits per heavy atom. The summed E-state index contributed by atoms with van der Waals surface area (Å²) in [6.45, 7) is 7.98. The van der Waals surface area contributed by atoms with E-state index in [-0.39, 0.29) is 11.9 Å². The third kappa shape index (κ3) is 9.47. The molecule has 0 aliphatic heterocycles. The number of hydrogen-bond acceptors (Lipinski definition) is 4. The zero-order valence-corrected chi connectivity index (χ0v) is 22.2. The molecule has 0 aliphatic rings. The van der Waals surface area contributed by atoms with Crippen molar-refractivity contribution >= 4 is 11.9 Å². The van der Waals surface area contributed by atoms with E-state index in [0.29, 0.717) is 17.9 Å². The first-order valence-electron chi connectivity index (χ1n) is 12.9. The monoisotopic (exact) mass is 492 g/mol. The van der Waals surface area contributed by atoms with Gasteiger partial charge < -0.3 is 10.6 Å². The molecule has 37 heavy (non-hydrogen) atoms. The Bertz CT molecular complexity index is 1250. The van der Waals surface area contributed by atoms with Gasteiger partial charge >= 0.3 is 0 Å².